The molecule has 0 fully saturated rings. The van der Waals surface area contributed by atoms with Crippen molar-refractivity contribution >= 4 is 27.5 Å². The van der Waals surface area contributed by atoms with Gasteiger partial charge in [0.1, 0.15) is 18.4 Å². The molecule has 0 unspecified atom stereocenters. The van der Waals surface area contributed by atoms with Crippen molar-refractivity contribution in [3.05, 3.63) is 120 Å². The number of halogens is 1. The van der Waals surface area contributed by atoms with Crippen LogP contribution in [0.1, 0.15) is 30.5 Å². The maximum Gasteiger partial charge on any atom is 0.264 e. The standard InChI is InChI=1S/C37H42FN3O6S/c1-26(2)23-39-37(43)33(21-28-11-7-6-8-12-28)40(24-29-13-9-10-27(3)20-29)36(42)25-41(31-16-14-30(38)15-17-31)48(44,45)32-18-19-34(46-4)35(22-32)47-5/h6-20,22,26,33H,21,23-25H2,1-5H3,(H,39,43)/t33-/m0/s1. The van der Waals surface area contributed by atoms with Crippen LogP contribution < -0.4 is 19.1 Å². The molecule has 254 valence electrons. The lowest BCUT2D eigenvalue weighted by atomic mass is 10.0. The number of benzene rings is 4. The molecular formula is C37H42FN3O6S. The van der Waals surface area contributed by atoms with E-state index in [1.807, 2.05) is 75.4 Å². The Kier molecular flexibility index (Phi) is 12.2. The number of carbonyl (C=O) groups excluding carboxylic acids is 2. The number of ether oxygens (including phenoxy) is 2. The van der Waals surface area contributed by atoms with E-state index >= 15 is 0 Å². The first-order valence-corrected chi connectivity index (χ1v) is 17.0. The second-order valence-electron chi connectivity index (χ2n) is 11.9. The van der Waals surface area contributed by atoms with Crippen molar-refractivity contribution in [3.8, 4) is 11.5 Å². The summed E-state index contributed by atoms with van der Waals surface area (Å²) in [7, 11) is -1.61. The summed E-state index contributed by atoms with van der Waals surface area (Å²) in [6.45, 7) is 5.64. The van der Waals surface area contributed by atoms with Gasteiger partial charge in [-0.05, 0) is 60.4 Å². The number of rotatable bonds is 15. The van der Waals surface area contributed by atoms with Crippen LogP contribution in [0.25, 0.3) is 0 Å². The van der Waals surface area contributed by atoms with Gasteiger partial charge in [-0.2, -0.15) is 0 Å². The number of anilines is 1. The first-order valence-electron chi connectivity index (χ1n) is 15.6. The SMILES string of the molecule is COc1ccc(S(=O)(=O)N(CC(=O)N(Cc2cccc(C)c2)[C@@H](Cc2ccccc2)C(=O)NCC(C)C)c2ccc(F)cc2)cc1OC. The molecule has 2 amide bonds. The van der Waals surface area contributed by atoms with Crippen LogP contribution in [0.3, 0.4) is 0 Å². The van der Waals surface area contributed by atoms with E-state index in [2.05, 4.69) is 5.32 Å². The van der Waals surface area contributed by atoms with Crippen molar-refractivity contribution in [1.29, 1.82) is 0 Å². The summed E-state index contributed by atoms with van der Waals surface area (Å²) < 4.78 is 54.2. The quantitative estimate of drug-likeness (QED) is 0.172. The molecule has 9 nitrogen and oxygen atoms in total. The van der Waals surface area contributed by atoms with Gasteiger partial charge in [0.15, 0.2) is 11.5 Å². The molecule has 0 radical (unpaired) electrons. The van der Waals surface area contributed by atoms with Gasteiger partial charge >= 0.3 is 0 Å². The third-order valence-corrected chi connectivity index (χ3v) is 9.50. The van der Waals surface area contributed by atoms with Gasteiger partial charge in [-0.15, -0.1) is 0 Å². The molecule has 0 aromatic heterocycles. The van der Waals surface area contributed by atoms with E-state index in [1.165, 1.54) is 49.5 Å². The fourth-order valence-corrected chi connectivity index (χ4v) is 6.65. The van der Waals surface area contributed by atoms with E-state index in [-0.39, 0.29) is 41.1 Å². The van der Waals surface area contributed by atoms with E-state index in [0.29, 0.717) is 12.3 Å². The lowest BCUT2D eigenvalue weighted by Crippen LogP contribution is -2.53. The summed E-state index contributed by atoms with van der Waals surface area (Å²) in [4.78, 5) is 29.7. The van der Waals surface area contributed by atoms with Crippen molar-refractivity contribution in [3.63, 3.8) is 0 Å². The number of methoxy groups -OCH3 is 2. The Balaban J connectivity index is 1.82. The maximum absolute atomic E-state index is 14.6. The Hall–Kier alpha value is -4.90. The van der Waals surface area contributed by atoms with Gasteiger partial charge in [-0.1, -0.05) is 74.0 Å². The third-order valence-electron chi connectivity index (χ3n) is 7.73. The van der Waals surface area contributed by atoms with Gasteiger partial charge in [-0.3, -0.25) is 13.9 Å². The number of sulfonamides is 1. The Labute approximate surface area is 282 Å². The highest BCUT2D eigenvalue weighted by molar-refractivity contribution is 7.92. The molecule has 0 saturated carbocycles. The lowest BCUT2D eigenvalue weighted by molar-refractivity contribution is -0.140. The van der Waals surface area contributed by atoms with Gasteiger partial charge in [0.05, 0.1) is 24.8 Å². The zero-order valence-corrected chi connectivity index (χ0v) is 28.7. The molecule has 11 heteroatoms. The predicted molar refractivity (Wildman–Crippen MR) is 184 cm³/mol. The lowest BCUT2D eigenvalue weighted by Gasteiger charge is -2.34. The largest absolute Gasteiger partial charge is 0.493 e. The second-order valence-corrected chi connectivity index (χ2v) is 13.7. The van der Waals surface area contributed by atoms with E-state index in [1.54, 1.807) is 0 Å². The first-order chi connectivity index (χ1) is 22.9. The number of hydrogen-bond acceptors (Lipinski definition) is 6. The summed E-state index contributed by atoms with van der Waals surface area (Å²) in [6.07, 6.45) is 0.196. The summed E-state index contributed by atoms with van der Waals surface area (Å²) in [5.41, 5.74) is 2.64. The van der Waals surface area contributed by atoms with Gasteiger partial charge < -0.3 is 19.7 Å². The average Bonchev–Trinajstić information content (AvgIpc) is 3.08. The first kappa shape index (κ1) is 35.9. The molecule has 0 aliphatic carbocycles. The zero-order valence-electron chi connectivity index (χ0n) is 27.9. The fraction of sp³-hybridized carbons (Fsp3) is 0.297. The zero-order chi connectivity index (χ0) is 34.8. The minimum Gasteiger partial charge on any atom is -0.493 e. The van der Waals surface area contributed by atoms with Crippen LogP contribution in [0.2, 0.25) is 0 Å². The van der Waals surface area contributed by atoms with Crippen molar-refractivity contribution < 1.29 is 31.9 Å². The van der Waals surface area contributed by atoms with Crippen LogP contribution in [0, 0.1) is 18.7 Å². The Morgan fingerprint density at radius 3 is 2.12 bits per heavy atom. The van der Waals surface area contributed by atoms with Crippen LogP contribution in [0.5, 0.6) is 11.5 Å². The molecule has 0 aliphatic rings. The van der Waals surface area contributed by atoms with E-state index in [4.69, 9.17) is 9.47 Å². The molecule has 0 aliphatic heterocycles. The minimum atomic E-state index is -4.43. The molecular weight excluding hydrogens is 633 g/mol. The molecule has 4 aromatic carbocycles. The number of hydrogen-bond donors (Lipinski definition) is 1. The number of amides is 2. The molecule has 1 atom stereocenters. The van der Waals surface area contributed by atoms with Crippen molar-refractivity contribution in [1.82, 2.24) is 10.2 Å². The number of aryl methyl sites for hydroxylation is 1. The minimum absolute atomic E-state index is 0.0424. The third kappa shape index (κ3) is 9.13. The van der Waals surface area contributed by atoms with E-state index in [9.17, 15) is 22.4 Å². The van der Waals surface area contributed by atoms with Crippen LogP contribution in [0.4, 0.5) is 10.1 Å². The molecule has 4 aromatic rings. The predicted octanol–water partition coefficient (Wildman–Crippen LogP) is 5.76. The molecule has 1 N–H and O–H groups in total. The molecule has 0 saturated heterocycles. The monoisotopic (exact) mass is 675 g/mol. The van der Waals surface area contributed by atoms with Crippen LogP contribution >= 0.6 is 0 Å². The second kappa shape index (κ2) is 16.3. The highest BCUT2D eigenvalue weighted by Crippen LogP contribution is 2.32. The number of carbonyl (C=O) groups is 2. The Morgan fingerprint density at radius 1 is 0.833 bits per heavy atom. The van der Waals surface area contributed by atoms with E-state index < -0.39 is 34.3 Å². The van der Waals surface area contributed by atoms with Gasteiger partial charge in [0, 0.05) is 25.6 Å². The van der Waals surface area contributed by atoms with Crippen LogP contribution in [-0.4, -0.2) is 58.5 Å². The van der Waals surface area contributed by atoms with Crippen molar-refractivity contribution in [2.75, 3.05) is 31.6 Å². The molecule has 0 bridgehead atoms. The summed E-state index contributed by atoms with van der Waals surface area (Å²) in [5.74, 6) is -0.890. The number of nitrogens with zero attached hydrogens (tertiary/aromatic N) is 2. The van der Waals surface area contributed by atoms with Gasteiger partial charge in [0.25, 0.3) is 10.0 Å². The summed E-state index contributed by atoms with van der Waals surface area (Å²) >= 11 is 0. The summed E-state index contributed by atoms with van der Waals surface area (Å²) in [6, 6.07) is 24.9. The topological polar surface area (TPSA) is 105 Å². The van der Waals surface area contributed by atoms with Crippen LogP contribution in [0.15, 0.2) is 102 Å². The van der Waals surface area contributed by atoms with E-state index in [0.717, 1.165) is 33.1 Å². The van der Waals surface area contributed by atoms with Gasteiger partial charge in [-0.25, -0.2) is 12.8 Å². The molecule has 0 spiro atoms. The number of nitrogens with one attached hydrogen (secondary N) is 1. The summed E-state index contributed by atoms with van der Waals surface area (Å²) in [5, 5.41) is 2.97. The van der Waals surface area contributed by atoms with Crippen LogP contribution in [-0.2, 0) is 32.6 Å². The maximum atomic E-state index is 14.6. The van der Waals surface area contributed by atoms with Crippen molar-refractivity contribution in [2.45, 2.75) is 44.7 Å². The average molecular weight is 676 g/mol. The smallest absolute Gasteiger partial charge is 0.264 e. The highest BCUT2D eigenvalue weighted by atomic mass is 32.2. The Bertz CT molecular complexity index is 1800. The van der Waals surface area contributed by atoms with Crippen molar-refractivity contribution in [2.24, 2.45) is 5.92 Å². The molecule has 4 rings (SSSR count). The fourth-order valence-electron chi connectivity index (χ4n) is 5.22. The molecule has 48 heavy (non-hydrogen) atoms. The van der Waals surface area contributed by atoms with Gasteiger partial charge in [0.2, 0.25) is 11.8 Å². The molecule has 0 heterocycles. The Morgan fingerprint density at radius 2 is 1.50 bits per heavy atom. The highest BCUT2D eigenvalue weighted by Gasteiger charge is 2.35. The normalized spacial score (nSPS) is 11.9.